The molecule has 1 aliphatic carbocycles. The summed E-state index contributed by atoms with van der Waals surface area (Å²) in [6, 6.07) is 4.23. The van der Waals surface area contributed by atoms with Crippen molar-refractivity contribution in [2.24, 2.45) is 34.8 Å². The van der Waals surface area contributed by atoms with Crippen LogP contribution in [0.4, 0.5) is 4.79 Å². The zero-order valence-corrected chi connectivity index (χ0v) is 27.0. The van der Waals surface area contributed by atoms with E-state index >= 15 is 0 Å². The number of likely N-dealkylation sites (tertiary alicyclic amines) is 1. The van der Waals surface area contributed by atoms with Gasteiger partial charge in [0.15, 0.2) is 5.78 Å². The highest BCUT2D eigenvalue weighted by atomic mass is 16.2. The minimum absolute atomic E-state index is 0.00619. The maximum Gasteiger partial charge on any atom is 0.316 e. The molecule has 11 nitrogen and oxygen atoms in total. The molecule has 1 saturated heterocycles. The van der Waals surface area contributed by atoms with Crippen molar-refractivity contribution in [2.45, 2.75) is 98.3 Å². The number of benzene rings is 1. The molecule has 1 unspecified atom stereocenters. The zero-order chi connectivity index (χ0) is 32.9. The Bertz CT molecular complexity index is 1240. The van der Waals surface area contributed by atoms with E-state index in [2.05, 4.69) is 16.0 Å². The van der Waals surface area contributed by atoms with Crippen LogP contribution in [0.2, 0.25) is 0 Å². The first-order valence-electron chi connectivity index (χ1n) is 15.6. The van der Waals surface area contributed by atoms with Crippen LogP contribution < -0.4 is 21.7 Å². The van der Waals surface area contributed by atoms with Crippen molar-refractivity contribution in [1.82, 2.24) is 20.9 Å². The average molecular weight is 612 g/mol. The lowest BCUT2D eigenvalue weighted by atomic mass is 9.85. The summed E-state index contributed by atoms with van der Waals surface area (Å²) in [6.07, 6.45) is 2.53. The Morgan fingerprint density at radius 2 is 1.55 bits per heavy atom. The van der Waals surface area contributed by atoms with Gasteiger partial charge in [-0.05, 0) is 41.9 Å². The third-order valence-electron chi connectivity index (χ3n) is 8.69. The van der Waals surface area contributed by atoms with Crippen LogP contribution in [0.15, 0.2) is 30.3 Å². The van der Waals surface area contributed by atoms with Crippen molar-refractivity contribution in [3.8, 4) is 0 Å². The molecular weight excluding hydrogens is 562 g/mol. The van der Waals surface area contributed by atoms with Gasteiger partial charge < -0.3 is 26.6 Å². The molecule has 1 saturated carbocycles. The van der Waals surface area contributed by atoms with Crippen LogP contribution in [-0.2, 0) is 19.2 Å². The van der Waals surface area contributed by atoms with Crippen molar-refractivity contribution in [1.29, 1.82) is 0 Å². The molecule has 2 aliphatic rings. The molecular formula is C33H49N5O6. The molecule has 5 N–H and O–H groups in total. The highest BCUT2D eigenvalue weighted by Gasteiger charge is 2.46. The van der Waals surface area contributed by atoms with Gasteiger partial charge >= 0.3 is 6.03 Å². The summed E-state index contributed by atoms with van der Waals surface area (Å²) in [4.78, 5) is 80.1. The lowest BCUT2D eigenvalue weighted by Gasteiger charge is -2.36. The second-order valence-electron chi connectivity index (χ2n) is 14.1. The molecule has 2 fully saturated rings. The summed E-state index contributed by atoms with van der Waals surface area (Å²) in [7, 11) is 0. The zero-order valence-electron chi connectivity index (χ0n) is 27.0. The Hall–Kier alpha value is -3.76. The molecule has 5 amide bonds. The van der Waals surface area contributed by atoms with E-state index in [1.807, 2.05) is 48.5 Å². The summed E-state index contributed by atoms with van der Waals surface area (Å²) in [5.74, 6) is -2.96. The maximum absolute atomic E-state index is 14.2. The smallest absolute Gasteiger partial charge is 0.316 e. The van der Waals surface area contributed by atoms with Crippen LogP contribution in [0.25, 0.3) is 0 Å². The number of nitrogens with two attached hydrogens (primary N) is 1. The Morgan fingerprint density at radius 1 is 0.932 bits per heavy atom. The monoisotopic (exact) mass is 611 g/mol. The minimum Gasteiger partial charge on any atom is -0.363 e. The van der Waals surface area contributed by atoms with Crippen LogP contribution in [0.5, 0.6) is 0 Å². The second-order valence-corrected chi connectivity index (χ2v) is 14.1. The first-order valence-corrected chi connectivity index (χ1v) is 15.6. The van der Waals surface area contributed by atoms with E-state index in [1.165, 1.54) is 4.90 Å². The number of amides is 5. The molecule has 3 rings (SSSR count). The number of carbonyl (C=O) groups is 6. The van der Waals surface area contributed by atoms with Gasteiger partial charge in [-0.15, -0.1) is 0 Å². The third kappa shape index (κ3) is 8.89. The van der Waals surface area contributed by atoms with E-state index in [1.54, 1.807) is 30.3 Å². The topological polar surface area (TPSA) is 168 Å². The van der Waals surface area contributed by atoms with E-state index in [9.17, 15) is 28.8 Å². The van der Waals surface area contributed by atoms with Gasteiger partial charge in [0.1, 0.15) is 12.1 Å². The number of nitrogens with one attached hydrogen (secondary N) is 3. The van der Waals surface area contributed by atoms with E-state index in [0.29, 0.717) is 24.9 Å². The van der Waals surface area contributed by atoms with Gasteiger partial charge in [0, 0.05) is 12.1 Å². The molecule has 1 aromatic rings. The Morgan fingerprint density at radius 3 is 2.05 bits per heavy atom. The number of ketones is 2. The lowest BCUT2D eigenvalue weighted by molar-refractivity contribution is -0.143. The molecule has 5 atom stereocenters. The van der Waals surface area contributed by atoms with Crippen LogP contribution in [0, 0.1) is 29.1 Å². The van der Waals surface area contributed by atoms with Gasteiger partial charge in [-0.1, -0.05) is 91.6 Å². The predicted octanol–water partition coefficient (Wildman–Crippen LogP) is 2.82. The molecule has 1 aliphatic heterocycles. The fraction of sp³-hybridized carbons (Fsp3) is 0.636. The van der Waals surface area contributed by atoms with E-state index < -0.39 is 59.1 Å². The van der Waals surface area contributed by atoms with Crippen LogP contribution in [0.1, 0.15) is 84.5 Å². The third-order valence-corrected chi connectivity index (χ3v) is 8.69. The van der Waals surface area contributed by atoms with Crippen LogP contribution in [0.3, 0.4) is 0 Å². The lowest BCUT2D eigenvalue weighted by Crippen LogP contribution is -2.61. The highest BCUT2D eigenvalue weighted by Crippen LogP contribution is 2.35. The van der Waals surface area contributed by atoms with Crippen molar-refractivity contribution < 1.29 is 28.8 Å². The number of rotatable bonds is 13. The minimum atomic E-state index is -1.11. The Labute approximate surface area is 260 Å². The molecule has 1 heterocycles. The molecule has 0 radical (unpaired) electrons. The molecule has 242 valence electrons. The van der Waals surface area contributed by atoms with Gasteiger partial charge in [0.2, 0.25) is 17.6 Å². The highest BCUT2D eigenvalue weighted by molar-refractivity contribution is 6.37. The quantitative estimate of drug-likeness (QED) is 0.198. The summed E-state index contributed by atoms with van der Waals surface area (Å²) < 4.78 is 0. The summed E-state index contributed by atoms with van der Waals surface area (Å²) in [6.45, 7) is 13.4. The SMILES string of the molecule is CC(C)[C@@H]1C[C@@H](C(=O)NC(CC2CC2)C(=O)C(N)=O)N(C(=O)[C@@H](NC(=O)N[C@H](C(=O)c2ccccc2)C(C)C)C(C)(C)C)C1. The van der Waals surface area contributed by atoms with Crippen molar-refractivity contribution in [2.75, 3.05) is 6.54 Å². The van der Waals surface area contributed by atoms with Gasteiger partial charge in [0.25, 0.3) is 5.91 Å². The van der Waals surface area contributed by atoms with E-state index in [-0.39, 0.29) is 29.5 Å². The van der Waals surface area contributed by atoms with Crippen molar-refractivity contribution in [3.63, 3.8) is 0 Å². The predicted molar refractivity (Wildman–Crippen MR) is 166 cm³/mol. The average Bonchev–Trinajstić information content (AvgIpc) is 3.65. The first-order chi connectivity index (χ1) is 20.5. The summed E-state index contributed by atoms with van der Waals surface area (Å²) in [5.41, 5.74) is 4.98. The van der Waals surface area contributed by atoms with Crippen molar-refractivity contribution in [3.05, 3.63) is 35.9 Å². The number of primary amides is 1. The Balaban J connectivity index is 1.82. The van der Waals surface area contributed by atoms with Gasteiger partial charge in [-0.2, -0.15) is 0 Å². The van der Waals surface area contributed by atoms with Crippen LogP contribution >= 0.6 is 0 Å². The first kappa shape index (κ1) is 34.7. The molecule has 0 bridgehead atoms. The Kier molecular flexibility index (Phi) is 11.3. The fourth-order valence-electron chi connectivity index (χ4n) is 5.65. The molecule has 11 heteroatoms. The molecule has 0 aromatic heterocycles. The maximum atomic E-state index is 14.2. The van der Waals surface area contributed by atoms with E-state index in [0.717, 1.165) is 12.8 Å². The van der Waals surface area contributed by atoms with Crippen molar-refractivity contribution >= 4 is 35.3 Å². The molecule has 1 aromatic carbocycles. The normalized spacial score (nSPS) is 20.5. The molecule has 44 heavy (non-hydrogen) atoms. The van der Waals surface area contributed by atoms with Gasteiger partial charge in [-0.25, -0.2) is 4.79 Å². The number of hydrogen-bond donors (Lipinski definition) is 4. The van der Waals surface area contributed by atoms with Gasteiger partial charge in [0.05, 0.1) is 12.1 Å². The van der Waals surface area contributed by atoms with E-state index in [4.69, 9.17) is 5.73 Å². The number of carbonyl (C=O) groups excluding carboxylic acids is 6. The largest absolute Gasteiger partial charge is 0.363 e. The van der Waals surface area contributed by atoms with Gasteiger partial charge in [-0.3, -0.25) is 24.0 Å². The standard InChI is InChI=1S/C33H49N5O6/c1-18(2)22-16-24(30(42)35-23(15-20-13-14-20)27(40)29(34)41)38(17-22)31(43)28(33(5,6)7)37-32(44)36-25(19(3)4)26(39)21-11-9-8-10-12-21/h8-12,18-20,22-25,28H,13-17H2,1-7H3,(H2,34,41)(H,35,42)(H2,36,37,44)/t22-,23?,24+,25+,28-/m1/s1. The summed E-state index contributed by atoms with van der Waals surface area (Å²) in [5, 5.41) is 8.28. The number of nitrogens with zero attached hydrogens (tertiary/aromatic N) is 1. The summed E-state index contributed by atoms with van der Waals surface area (Å²) >= 11 is 0. The second kappa shape index (κ2) is 14.3. The molecule has 0 spiro atoms. The van der Waals surface area contributed by atoms with Crippen LogP contribution in [-0.4, -0.2) is 70.9 Å². The number of hydrogen-bond acceptors (Lipinski definition) is 6. The number of urea groups is 1. The fourth-order valence-corrected chi connectivity index (χ4v) is 5.65. The number of Topliss-reactive ketones (excluding diaryl/α,β-unsaturated/α-hetero) is 2.